The molecule has 0 atom stereocenters. The predicted octanol–water partition coefficient (Wildman–Crippen LogP) is 4.53. The second-order valence-electron chi connectivity index (χ2n) is 9.26. The molecule has 9 heteroatoms. The molecule has 194 valence electrons. The molecule has 0 spiro atoms. The van der Waals surface area contributed by atoms with Crippen molar-refractivity contribution in [2.45, 2.75) is 19.4 Å². The quantitative estimate of drug-likeness (QED) is 0.338. The molecular formula is C28H32N4O5. The molecule has 1 aliphatic rings. The van der Waals surface area contributed by atoms with Gasteiger partial charge < -0.3 is 19.7 Å². The lowest BCUT2D eigenvalue weighted by Gasteiger charge is -2.29. The van der Waals surface area contributed by atoms with Crippen molar-refractivity contribution >= 4 is 23.0 Å². The molecule has 0 bridgehead atoms. The van der Waals surface area contributed by atoms with Gasteiger partial charge >= 0.3 is 0 Å². The molecule has 1 aliphatic heterocycles. The van der Waals surface area contributed by atoms with Crippen LogP contribution in [0.25, 0.3) is 0 Å². The summed E-state index contributed by atoms with van der Waals surface area (Å²) in [6.07, 6.45) is 1.83. The molecule has 0 unspecified atom stereocenters. The van der Waals surface area contributed by atoms with Gasteiger partial charge in [-0.05, 0) is 65.9 Å². The van der Waals surface area contributed by atoms with E-state index in [9.17, 15) is 14.9 Å². The van der Waals surface area contributed by atoms with E-state index in [1.807, 2.05) is 38.4 Å². The Balaban J connectivity index is 1.37. The first-order valence-electron chi connectivity index (χ1n) is 12.1. The molecule has 37 heavy (non-hydrogen) atoms. The van der Waals surface area contributed by atoms with Crippen LogP contribution in [-0.2, 0) is 19.4 Å². The van der Waals surface area contributed by atoms with Crippen molar-refractivity contribution < 1.29 is 19.2 Å². The first-order valence-corrected chi connectivity index (χ1v) is 12.1. The highest BCUT2D eigenvalue weighted by Crippen LogP contribution is 2.33. The van der Waals surface area contributed by atoms with Gasteiger partial charge in [-0.25, -0.2) is 0 Å². The Kier molecular flexibility index (Phi) is 7.93. The molecule has 0 aromatic heterocycles. The number of nitro benzene ring substituents is 1. The molecule has 3 aromatic carbocycles. The zero-order valence-electron chi connectivity index (χ0n) is 21.6. The summed E-state index contributed by atoms with van der Waals surface area (Å²) in [4.78, 5) is 28.0. The number of rotatable bonds is 9. The molecule has 9 nitrogen and oxygen atoms in total. The molecule has 0 saturated carbocycles. The monoisotopic (exact) mass is 504 g/mol. The number of methoxy groups -OCH3 is 2. The average molecular weight is 505 g/mol. The Morgan fingerprint density at radius 2 is 1.70 bits per heavy atom. The van der Waals surface area contributed by atoms with Gasteiger partial charge in [0.25, 0.3) is 11.6 Å². The summed E-state index contributed by atoms with van der Waals surface area (Å²) in [7, 11) is 6.94. The molecule has 1 amide bonds. The van der Waals surface area contributed by atoms with E-state index in [0.29, 0.717) is 11.4 Å². The zero-order chi connectivity index (χ0) is 26.5. The number of anilines is 2. The maximum absolute atomic E-state index is 12.9. The lowest BCUT2D eigenvalue weighted by molar-refractivity contribution is -0.385. The topological polar surface area (TPSA) is 97.2 Å². The first-order chi connectivity index (χ1) is 17.8. The smallest absolute Gasteiger partial charge is 0.282 e. The molecule has 0 saturated heterocycles. The fourth-order valence-corrected chi connectivity index (χ4v) is 4.52. The summed E-state index contributed by atoms with van der Waals surface area (Å²) < 4.78 is 10.9. The largest absolute Gasteiger partial charge is 0.493 e. The van der Waals surface area contributed by atoms with Crippen LogP contribution < -0.4 is 19.7 Å². The number of hydrogen-bond donors (Lipinski definition) is 1. The van der Waals surface area contributed by atoms with Crippen molar-refractivity contribution in [2.24, 2.45) is 0 Å². The van der Waals surface area contributed by atoms with Crippen molar-refractivity contribution in [1.82, 2.24) is 4.90 Å². The second kappa shape index (κ2) is 11.3. The van der Waals surface area contributed by atoms with Crippen LogP contribution in [-0.4, -0.2) is 57.1 Å². The maximum Gasteiger partial charge on any atom is 0.282 e. The molecule has 0 radical (unpaired) electrons. The highest BCUT2D eigenvalue weighted by Gasteiger charge is 2.22. The van der Waals surface area contributed by atoms with E-state index in [2.05, 4.69) is 22.3 Å². The van der Waals surface area contributed by atoms with Crippen LogP contribution in [0, 0.1) is 10.1 Å². The summed E-state index contributed by atoms with van der Waals surface area (Å²) in [5.74, 6) is 1.00. The summed E-state index contributed by atoms with van der Waals surface area (Å²) in [5, 5.41) is 14.2. The minimum atomic E-state index is -0.539. The van der Waals surface area contributed by atoms with Crippen LogP contribution in [0.15, 0.2) is 54.6 Å². The maximum atomic E-state index is 12.9. The summed E-state index contributed by atoms with van der Waals surface area (Å²) in [6.45, 7) is 2.74. The van der Waals surface area contributed by atoms with Crippen LogP contribution in [0.3, 0.4) is 0 Å². The predicted molar refractivity (Wildman–Crippen MR) is 144 cm³/mol. The zero-order valence-corrected chi connectivity index (χ0v) is 21.6. The van der Waals surface area contributed by atoms with Crippen molar-refractivity contribution in [1.29, 1.82) is 0 Å². The lowest BCUT2D eigenvalue weighted by Crippen LogP contribution is -2.32. The van der Waals surface area contributed by atoms with Gasteiger partial charge in [0.15, 0.2) is 11.5 Å². The van der Waals surface area contributed by atoms with E-state index in [1.54, 1.807) is 25.2 Å². The first kappa shape index (κ1) is 26.0. The van der Waals surface area contributed by atoms with Crippen molar-refractivity contribution in [3.8, 4) is 11.5 Å². The Bertz CT molecular complexity index is 1290. The van der Waals surface area contributed by atoms with Crippen LogP contribution in [0.5, 0.6) is 11.5 Å². The standard InChI is InChI=1S/C28H32N4O5/c1-30(2)23-9-10-25(32(34)35)24(17-23)28(33)29-22-7-5-19(6-8-22)11-13-31-14-12-20-15-26(36-3)27(37-4)16-21(20)18-31/h5-10,15-17H,11-14,18H2,1-4H3,(H,29,33). The van der Waals surface area contributed by atoms with E-state index in [4.69, 9.17) is 9.47 Å². The third-order valence-corrected chi connectivity index (χ3v) is 6.66. The molecule has 4 rings (SSSR count). The van der Waals surface area contributed by atoms with E-state index < -0.39 is 10.8 Å². The van der Waals surface area contributed by atoms with Gasteiger partial charge in [0.1, 0.15) is 5.56 Å². The number of carbonyl (C=O) groups excluding carboxylic acids is 1. The highest BCUT2D eigenvalue weighted by molar-refractivity contribution is 6.07. The number of amides is 1. The number of ether oxygens (including phenoxy) is 2. The van der Waals surface area contributed by atoms with E-state index in [-0.39, 0.29) is 11.3 Å². The van der Waals surface area contributed by atoms with E-state index in [0.717, 1.165) is 49.5 Å². The van der Waals surface area contributed by atoms with Crippen molar-refractivity contribution in [2.75, 3.05) is 51.6 Å². The number of carbonyl (C=O) groups is 1. The van der Waals surface area contributed by atoms with Gasteiger partial charge in [-0.15, -0.1) is 0 Å². The minimum absolute atomic E-state index is 0.0277. The summed E-state index contributed by atoms with van der Waals surface area (Å²) in [5.41, 5.74) is 4.81. The molecule has 1 heterocycles. The second-order valence-corrected chi connectivity index (χ2v) is 9.26. The Morgan fingerprint density at radius 1 is 1.03 bits per heavy atom. The third-order valence-electron chi connectivity index (χ3n) is 6.66. The minimum Gasteiger partial charge on any atom is -0.493 e. The number of hydrogen-bond acceptors (Lipinski definition) is 7. The molecule has 0 fully saturated rings. The van der Waals surface area contributed by atoms with Gasteiger partial charge in [0.05, 0.1) is 19.1 Å². The van der Waals surface area contributed by atoms with Gasteiger partial charge in [-0.1, -0.05) is 12.1 Å². The molecule has 0 aliphatic carbocycles. The number of nitrogens with one attached hydrogen (secondary N) is 1. The van der Waals surface area contributed by atoms with Gasteiger partial charge in [-0.2, -0.15) is 0 Å². The fourth-order valence-electron chi connectivity index (χ4n) is 4.52. The van der Waals surface area contributed by atoms with Crippen molar-refractivity contribution in [3.63, 3.8) is 0 Å². The highest BCUT2D eigenvalue weighted by atomic mass is 16.6. The third kappa shape index (κ3) is 6.00. The van der Waals surface area contributed by atoms with Crippen LogP contribution in [0.2, 0.25) is 0 Å². The number of nitrogens with zero attached hydrogens (tertiary/aromatic N) is 3. The summed E-state index contributed by atoms with van der Waals surface area (Å²) in [6, 6.07) is 16.3. The van der Waals surface area contributed by atoms with Gasteiger partial charge in [0.2, 0.25) is 0 Å². The normalized spacial score (nSPS) is 13.0. The van der Waals surface area contributed by atoms with E-state index >= 15 is 0 Å². The SMILES string of the molecule is COc1cc2c(cc1OC)CN(CCc1ccc(NC(=O)c3cc(N(C)C)ccc3[N+](=O)[O-])cc1)CC2. The fraction of sp³-hybridized carbons (Fsp3) is 0.321. The van der Waals surface area contributed by atoms with E-state index in [1.165, 1.54) is 23.3 Å². The number of nitro groups is 1. The Morgan fingerprint density at radius 3 is 2.32 bits per heavy atom. The van der Waals surface area contributed by atoms with Gasteiger partial charge in [-0.3, -0.25) is 19.8 Å². The summed E-state index contributed by atoms with van der Waals surface area (Å²) >= 11 is 0. The van der Waals surface area contributed by atoms with Crippen LogP contribution >= 0.6 is 0 Å². The molecule has 1 N–H and O–H groups in total. The van der Waals surface area contributed by atoms with Crippen LogP contribution in [0.1, 0.15) is 27.0 Å². The Labute approximate surface area is 216 Å². The van der Waals surface area contributed by atoms with Crippen molar-refractivity contribution in [3.05, 3.63) is 87.0 Å². The molecular weight excluding hydrogens is 472 g/mol. The van der Waals surface area contributed by atoms with Gasteiger partial charge in [0, 0.05) is 51.2 Å². The Hall–Kier alpha value is -4.11. The lowest BCUT2D eigenvalue weighted by atomic mass is 9.98. The average Bonchev–Trinajstić information content (AvgIpc) is 2.91. The number of fused-ring (bicyclic) bond motifs is 1. The number of benzene rings is 3. The molecule has 3 aromatic rings. The van der Waals surface area contributed by atoms with Crippen LogP contribution in [0.4, 0.5) is 17.1 Å².